The summed E-state index contributed by atoms with van der Waals surface area (Å²) in [5.41, 5.74) is 3.31. The zero-order valence-corrected chi connectivity index (χ0v) is 27.3. The van der Waals surface area contributed by atoms with Gasteiger partial charge in [-0.1, -0.05) is 63.1 Å². The van der Waals surface area contributed by atoms with E-state index >= 15 is 0 Å². The predicted octanol–water partition coefficient (Wildman–Crippen LogP) is 7.51. The molecule has 2 heterocycles. The summed E-state index contributed by atoms with van der Waals surface area (Å²) < 4.78 is 13.5. The number of hydrogen-bond donors (Lipinski definition) is 1. The van der Waals surface area contributed by atoms with E-state index in [1.165, 1.54) is 7.11 Å². The molecule has 0 bridgehead atoms. The van der Waals surface area contributed by atoms with Gasteiger partial charge >= 0.3 is 0 Å². The van der Waals surface area contributed by atoms with Gasteiger partial charge in [0.25, 0.3) is 0 Å². The topological polar surface area (TPSA) is 89.4 Å². The molecule has 0 fully saturated rings. The summed E-state index contributed by atoms with van der Waals surface area (Å²) in [5.74, 6) is 0.190. The summed E-state index contributed by atoms with van der Waals surface area (Å²) in [6.45, 7) is 6.51. The van der Waals surface area contributed by atoms with Crippen molar-refractivity contribution in [1.29, 1.82) is 0 Å². The van der Waals surface area contributed by atoms with E-state index in [0.717, 1.165) is 49.9 Å². The van der Waals surface area contributed by atoms with Crippen molar-refractivity contribution < 1.29 is 23.9 Å². The number of halogens is 1. The molecular weight excluding hydrogens is 590 g/mol. The third-order valence-electron chi connectivity index (χ3n) is 7.89. The van der Waals surface area contributed by atoms with E-state index in [4.69, 9.17) is 21.1 Å². The normalized spacial score (nSPS) is 11.2. The van der Waals surface area contributed by atoms with Gasteiger partial charge in [-0.25, -0.2) is 0 Å². The number of ether oxygens (including phenoxy) is 2. The number of carbonyl (C=O) groups excluding carboxylic acids is 3. The molecule has 4 rings (SSSR count). The second kappa shape index (κ2) is 16.3. The smallest absolute Gasteiger partial charge is 0.240 e. The summed E-state index contributed by atoms with van der Waals surface area (Å²) in [6, 6.07) is 18.5. The van der Waals surface area contributed by atoms with Crippen molar-refractivity contribution in [3.63, 3.8) is 0 Å². The van der Waals surface area contributed by atoms with Crippen LogP contribution >= 0.6 is 11.6 Å². The number of methoxy groups -OCH3 is 2. The molecule has 4 aromatic rings. The maximum Gasteiger partial charge on any atom is 0.240 e. The zero-order valence-electron chi connectivity index (χ0n) is 26.5. The lowest BCUT2D eigenvalue weighted by molar-refractivity contribution is -0.110. The molecule has 0 saturated carbocycles. The summed E-state index contributed by atoms with van der Waals surface area (Å²) >= 11 is 5.62. The second-order valence-corrected chi connectivity index (χ2v) is 11.3. The summed E-state index contributed by atoms with van der Waals surface area (Å²) in [5, 5.41) is 2.37. The van der Waals surface area contributed by atoms with E-state index in [9.17, 15) is 14.4 Å². The second-order valence-electron chi connectivity index (χ2n) is 10.9. The van der Waals surface area contributed by atoms with Crippen LogP contribution in [0, 0.1) is 0 Å². The van der Waals surface area contributed by atoms with E-state index in [-0.39, 0.29) is 41.4 Å². The molecule has 0 saturated heterocycles. The fourth-order valence-corrected chi connectivity index (χ4v) is 5.72. The Balaban J connectivity index is 1.88. The Labute approximate surface area is 270 Å². The van der Waals surface area contributed by atoms with Crippen LogP contribution in [0.1, 0.15) is 72.4 Å². The number of aromatic nitrogens is 1. The van der Waals surface area contributed by atoms with Gasteiger partial charge in [0.05, 0.1) is 43.1 Å². The van der Waals surface area contributed by atoms with E-state index < -0.39 is 5.24 Å². The summed E-state index contributed by atoms with van der Waals surface area (Å²) in [7, 11) is 3.04. The molecule has 2 aromatic carbocycles. The highest BCUT2D eigenvalue weighted by Gasteiger charge is 2.31. The first kappa shape index (κ1) is 33.7. The fraction of sp³-hybridized carbons (Fsp3) is 0.361. The number of nitrogens with one attached hydrogen (secondary N) is 1. The van der Waals surface area contributed by atoms with E-state index in [2.05, 4.69) is 24.1 Å². The molecule has 0 aliphatic heterocycles. The first-order valence-corrected chi connectivity index (χ1v) is 15.9. The van der Waals surface area contributed by atoms with Crippen molar-refractivity contribution in [1.82, 2.24) is 9.30 Å². The number of fused-ring (bicyclic) bond motifs is 1. The molecule has 0 aliphatic carbocycles. The number of ketones is 2. The van der Waals surface area contributed by atoms with Crippen molar-refractivity contribution in [3.05, 3.63) is 83.7 Å². The van der Waals surface area contributed by atoms with Gasteiger partial charge in [-0.3, -0.25) is 14.4 Å². The Kier molecular flexibility index (Phi) is 12.2. The van der Waals surface area contributed by atoms with Gasteiger partial charge in [0.2, 0.25) is 11.0 Å². The van der Waals surface area contributed by atoms with Crippen molar-refractivity contribution in [3.8, 4) is 22.6 Å². The molecule has 8 nitrogen and oxygen atoms in total. The predicted molar refractivity (Wildman–Crippen MR) is 180 cm³/mol. The Morgan fingerprint density at radius 2 is 1.51 bits per heavy atom. The molecule has 238 valence electrons. The highest BCUT2D eigenvalue weighted by atomic mass is 35.5. The average molecular weight is 632 g/mol. The molecule has 0 amide bonds. The third kappa shape index (κ3) is 7.75. The third-order valence-corrected chi connectivity index (χ3v) is 8.03. The molecule has 0 unspecified atom stereocenters. The van der Waals surface area contributed by atoms with Crippen LogP contribution in [0.3, 0.4) is 0 Å². The highest BCUT2D eigenvalue weighted by Crippen LogP contribution is 2.42. The molecule has 0 atom stereocenters. The number of benzene rings is 2. The standard InChI is InChI=1S/C36H42ClN3O5/c1-5-7-20-39(21-8-6-2)23-19-29(41)32-26(17-18-27(35(32)44-3)38-24-30(37)42)34(43)33-31(25-14-10-9-11-15-25)36(45-4)28-16-12-13-22-40(28)33/h9-18,22,38H,5-8,19-21,23-24H2,1-4H3. The van der Waals surface area contributed by atoms with Gasteiger partial charge in [0, 0.05) is 24.7 Å². The van der Waals surface area contributed by atoms with Crippen LogP contribution in [-0.4, -0.2) is 66.5 Å². The van der Waals surface area contributed by atoms with E-state index in [1.54, 1.807) is 23.6 Å². The van der Waals surface area contributed by atoms with Gasteiger partial charge < -0.3 is 24.1 Å². The first-order chi connectivity index (χ1) is 21.9. The van der Waals surface area contributed by atoms with E-state index in [1.807, 2.05) is 54.7 Å². The van der Waals surface area contributed by atoms with E-state index in [0.29, 0.717) is 29.2 Å². The van der Waals surface area contributed by atoms with Crippen LogP contribution < -0.4 is 14.8 Å². The van der Waals surface area contributed by atoms with Crippen LogP contribution in [0.25, 0.3) is 16.6 Å². The fourth-order valence-electron chi connectivity index (χ4n) is 5.66. The minimum absolute atomic E-state index is 0.167. The number of carbonyl (C=O) groups is 3. The lowest BCUT2D eigenvalue weighted by Gasteiger charge is -2.22. The number of pyridine rings is 1. The van der Waals surface area contributed by atoms with Crippen molar-refractivity contribution in [2.45, 2.75) is 46.0 Å². The van der Waals surface area contributed by atoms with Gasteiger partial charge in [-0.05, 0) is 67.4 Å². The Bertz CT molecular complexity index is 1620. The Morgan fingerprint density at radius 1 is 0.844 bits per heavy atom. The minimum Gasteiger partial charge on any atom is -0.494 e. The SMILES string of the molecule is CCCCN(CCCC)CCC(=O)c1c(C(=O)c2c(-c3ccccc3)c(OC)c3ccccn23)ccc(NCC(=O)Cl)c1OC. The minimum atomic E-state index is -0.591. The number of rotatable bonds is 18. The largest absolute Gasteiger partial charge is 0.494 e. The Hall–Kier alpha value is -4.14. The molecule has 1 N–H and O–H groups in total. The van der Waals surface area contributed by atoms with Crippen LogP contribution in [0.5, 0.6) is 11.5 Å². The monoisotopic (exact) mass is 631 g/mol. The number of unbranched alkanes of at least 4 members (excludes halogenated alkanes) is 2. The van der Waals surface area contributed by atoms with Crippen LogP contribution in [-0.2, 0) is 4.79 Å². The number of hydrogen-bond acceptors (Lipinski definition) is 7. The Morgan fingerprint density at radius 3 is 2.13 bits per heavy atom. The molecule has 2 aromatic heterocycles. The molecule has 0 radical (unpaired) electrons. The van der Waals surface area contributed by atoms with Crippen molar-refractivity contribution in [2.75, 3.05) is 45.7 Å². The molecular formula is C36H42ClN3O5. The average Bonchev–Trinajstić information content (AvgIpc) is 3.40. The highest BCUT2D eigenvalue weighted by molar-refractivity contribution is 6.64. The van der Waals surface area contributed by atoms with Gasteiger partial charge in [-0.2, -0.15) is 0 Å². The van der Waals surface area contributed by atoms with Crippen LogP contribution in [0.4, 0.5) is 5.69 Å². The molecule has 0 spiro atoms. The quantitative estimate of drug-likeness (QED) is 0.0898. The van der Waals surface area contributed by atoms with Crippen molar-refractivity contribution in [2.24, 2.45) is 0 Å². The first-order valence-electron chi connectivity index (χ1n) is 15.5. The molecule has 45 heavy (non-hydrogen) atoms. The van der Waals surface area contributed by atoms with Gasteiger partial charge in [0.1, 0.15) is 5.69 Å². The number of anilines is 1. The number of Topliss-reactive ketones (excluding diaryl/α,β-unsaturated/α-hetero) is 1. The maximum absolute atomic E-state index is 14.8. The number of nitrogens with zero attached hydrogens (tertiary/aromatic N) is 2. The summed E-state index contributed by atoms with van der Waals surface area (Å²) in [6.07, 6.45) is 6.23. The van der Waals surface area contributed by atoms with Gasteiger partial charge in [0.15, 0.2) is 17.3 Å². The maximum atomic E-state index is 14.8. The lowest BCUT2D eigenvalue weighted by Crippen LogP contribution is -2.29. The van der Waals surface area contributed by atoms with Crippen LogP contribution in [0.15, 0.2) is 66.9 Å². The van der Waals surface area contributed by atoms with Crippen molar-refractivity contribution >= 4 is 39.6 Å². The summed E-state index contributed by atoms with van der Waals surface area (Å²) in [4.78, 5) is 42.9. The van der Waals surface area contributed by atoms with Gasteiger partial charge in [-0.15, -0.1) is 0 Å². The molecule has 9 heteroatoms. The molecule has 0 aliphatic rings. The van der Waals surface area contributed by atoms with Crippen LogP contribution in [0.2, 0.25) is 0 Å². The lowest BCUT2D eigenvalue weighted by atomic mass is 9.92. The zero-order chi connectivity index (χ0) is 32.3.